The molecule has 1 fully saturated rings. The second-order valence-corrected chi connectivity index (χ2v) is 7.08. The molecule has 10 heteroatoms. The van der Waals surface area contributed by atoms with Crippen LogP contribution in [0.15, 0.2) is 45.7 Å². The number of carbonyl (C=O) groups is 2. The summed E-state index contributed by atoms with van der Waals surface area (Å²) in [5.74, 6) is -1.66. The number of rotatable bonds is 4. The van der Waals surface area contributed by atoms with Crippen LogP contribution >= 0.6 is 24.0 Å². The standard InChI is InChI=1S/C17H10F3NO4S2/c18-17(19,20)11-4-2-1-3-10(11)12-6-5-9(25-12)7-13-15(24)21(8-14(22)23)16(26)27-13/h1-7H,8H2,(H,22,23)/b13-7-. The number of aliphatic carboxylic acids is 1. The number of hydrogen-bond donors (Lipinski definition) is 1. The average Bonchev–Trinajstić information content (AvgIpc) is 3.15. The summed E-state index contributed by atoms with van der Waals surface area (Å²) >= 11 is 5.87. The number of alkyl halides is 3. The van der Waals surface area contributed by atoms with Crippen molar-refractivity contribution in [2.45, 2.75) is 6.18 Å². The molecule has 1 aliphatic rings. The van der Waals surface area contributed by atoms with Gasteiger partial charge in [0.1, 0.15) is 22.4 Å². The molecule has 2 aromatic rings. The minimum absolute atomic E-state index is 0.00445. The molecule has 1 aromatic carbocycles. The first kappa shape index (κ1) is 19.2. The number of benzene rings is 1. The van der Waals surface area contributed by atoms with Crippen LogP contribution in [0.1, 0.15) is 11.3 Å². The van der Waals surface area contributed by atoms with E-state index in [0.29, 0.717) is 0 Å². The molecule has 0 bridgehead atoms. The van der Waals surface area contributed by atoms with Crippen LogP contribution in [0.2, 0.25) is 0 Å². The van der Waals surface area contributed by atoms with Crippen LogP contribution in [0.25, 0.3) is 17.4 Å². The summed E-state index contributed by atoms with van der Waals surface area (Å²) in [6.07, 6.45) is -3.22. The van der Waals surface area contributed by atoms with Crippen molar-refractivity contribution >= 4 is 46.3 Å². The highest BCUT2D eigenvalue weighted by atomic mass is 32.2. The summed E-state index contributed by atoms with van der Waals surface area (Å²) in [5.41, 5.74) is -0.957. The molecule has 0 aliphatic carbocycles. The van der Waals surface area contributed by atoms with Gasteiger partial charge < -0.3 is 9.52 Å². The van der Waals surface area contributed by atoms with Gasteiger partial charge in [0.05, 0.1) is 10.5 Å². The number of carboxylic acids is 1. The van der Waals surface area contributed by atoms with Crippen LogP contribution in [0.3, 0.4) is 0 Å². The first-order chi connectivity index (χ1) is 12.7. The second kappa shape index (κ2) is 7.20. The predicted molar refractivity (Wildman–Crippen MR) is 96.7 cm³/mol. The fourth-order valence-corrected chi connectivity index (χ4v) is 3.66. The monoisotopic (exact) mass is 413 g/mol. The van der Waals surface area contributed by atoms with Crippen LogP contribution in [-0.4, -0.2) is 32.7 Å². The van der Waals surface area contributed by atoms with Crippen LogP contribution in [0.4, 0.5) is 13.2 Å². The van der Waals surface area contributed by atoms with Crippen molar-refractivity contribution < 1.29 is 32.3 Å². The summed E-state index contributed by atoms with van der Waals surface area (Å²) in [4.78, 5) is 24.1. The van der Waals surface area contributed by atoms with Crippen molar-refractivity contribution in [3.8, 4) is 11.3 Å². The molecule has 5 nitrogen and oxygen atoms in total. The van der Waals surface area contributed by atoms with E-state index in [4.69, 9.17) is 21.7 Å². The lowest BCUT2D eigenvalue weighted by atomic mass is 10.1. The third kappa shape index (κ3) is 4.06. The molecule has 0 unspecified atom stereocenters. The van der Waals surface area contributed by atoms with Crippen LogP contribution in [-0.2, 0) is 15.8 Å². The van der Waals surface area contributed by atoms with Gasteiger partial charge in [-0.2, -0.15) is 13.2 Å². The maximum atomic E-state index is 13.1. The molecule has 0 radical (unpaired) electrons. The maximum absolute atomic E-state index is 13.1. The first-order valence-electron chi connectivity index (χ1n) is 7.40. The lowest BCUT2D eigenvalue weighted by molar-refractivity contribution is -0.140. The molecule has 0 saturated carbocycles. The van der Waals surface area contributed by atoms with Gasteiger partial charge in [-0.15, -0.1) is 0 Å². The fourth-order valence-electron chi connectivity index (χ4n) is 2.42. The highest BCUT2D eigenvalue weighted by Crippen LogP contribution is 2.38. The molecule has 2 heterocycles. The van der Waals surface area contributed by atoms with Gasteiger partial charge in [-0.3, -0.25) is 14.5 Å². The van der Waals surface area contributed by atoms with Crippen LogP contribution < -0.4 is 0 Å². The molecule has 0 spiro atoms. The third-order valence-corrected chi connectivity index (χ3v) is 4.94. The van der Waals surface area contributed by atoms with E-state index in [1.54, 1.807) is 0 Å². The van der Waals surface area contributed by atoms with Crippen molar-refractivity contribution in [3.63, 3.8) is 0 Å². The van der Waals surface area contributed by atoms with Crippen molar-refractivity contribution in [2.75, 3.05) is 6.54 Å². The number of halogens is 3. The minimum Gasteiger partial charge on any atom is -0.480 e. The molecule has 1 amide bonds. The largest absolute Gasteiger partial charge is 0.480 e. The Hall–Kier alpha value is -2.59. The van der Waals surface area contributed by atoms with Crippen molar-refractivity contribution in [1.82, 2.24) is 4.90 Å². The zero-order valence-corrected chi connectivity index (χ0v) is 15.0. The van der Waals surface area contributed by atoms with Gasteiger partial charge >= 0.3 is 12.1 Å². The molecular formula is C17H10F3NO4S2. The lowest BCUT2D eigenvalue weighted by Crippen LogP contribution is -2.33. The molecule has 1 aliphatic heterocycles. The zero-order chi connectivity index (χ0) is 19.8. The van der Waals surface area contributed by atoms with Gasteiger partial charge in [0.2, 0.25) is 0 Å². The molecule has 140 valence electrons. The molecule has 1 saturated heterocycles. The molecule has 0 atom stereocenters. The van der Waals surface area contributed by atoms with Gasteiger partial charge in [-0.05, 0) is 18.2 Å². The smallest absolute Gasteiger partial charge is 0.417 e. The van der Waals surface area contributed by atoms with Crippen LogP contribution in [0.5, 0.6) is 0 Å². The molecule has 3 rings (SSSR count). The fraction of sp³-hybridized carbons (Fsp3) is 0.118. The number of amides is 1. The van der Waals surface area contributed by atoms with Gasteiger partial charge in [0, 0.05) is 11.6 Å². The summed E-state index contributed by atoms with van der Waals surface area (Å²) in [5, 5.41) is 8.81. The highest BCUT2D eigenvalue weighted by Gasteiger charge is 2.35. The summed E-state index contributed by atoms with van der Waals surface area (Å²) < 4.78 is 45.0. The Bertz CT molecular complexity index is 965. The Morgan fingerprint density at radius 2 is 1.96 bits per heavy atom. The van der Waals surface area contributed by atoms with E-state index in [0.717, 1.165) is 22.7 Å². The van der Waals surface area contributed by atoms with Crippen LogP contribution in [0, 0.1) is 0 Å². The quantitative estimate of drug-likeness (QED) is 0.597. The van der Waals surface area contributed by atoms with Crippen molar-refractivity contribution in [3.05, 3.63) is 52.6 Å². The third-order valence-electron chi connectivity index (χ3n) is 3.57. The van der Waals surface area contributed by atoms with Gasteiger partial charge in [-0.1, -0.05) is 42.2 Å². The number of nitrogens with zero attached hydrogens (tertiary/aromatic N) is 1. The normalized spacial score (nSPS) is 16.4. The van der Waals surface area contributed by atoms with Gasteiger partial charge in [0.25, 0.3) is 5.91 Å². The van der Waals surface area contributed by atoms with Crippen molar-refractivity contribution in [1.29, 1.82) is 0 Å². The minimum atomic E-state index is -4.54. The Balaban J connectivity index is 1.90. The predicted octanol–water partition coefficient (Wildman–Crippen LogP) is 4.25. The van der Waals surface area contributed by atoms with Gasteiger partial charge in [0.15, 0.2) is 0 Å². The molecule has 27 heavy (non-hydrogen) atoms. The molecular weight excluding hydrogens is 403 g/mol. The van der Waals surface area contributed by atoms with E-state index in [1.807, 2.05) is 0 Å². The first-order valence-corrected chi connectivity index (χ1v) is 8.63. The Labute approximate surface area is 160 Å². The topological polar surface area (TPSA) is 70.8 Å². The summed E-state index contributed by atoms with van der Waals surface area (Å²) in [6, 6.07) is 7.78. The van der Waals surface area contributed by atoms with E-state index in [-0.39, 0.29) is 26.3 Å². The van der Waals surface area contributed by atoms with E-state index < -0.39 is 30.2 Å². The van der Waals surface area contributed by atoms with E-state index in [1.165, 1.54) is 36.4 Å². The van der Waals surface area contributed by atoms with E-state index in [9.17, 15) is 22.8 Å². The number of thioether (sulfide) groups is 1. The Morgan fingerprint density at radius 1 is 1.26 bits per heavy atom. The second-order valence-electron chi connectivity index (χ2n) is 5.41. The SMILES string of the molecule is O=C(O)CN1C(=O)/C(=C/c2ccc(-c3ccccc3C(F)(F)F)o2)SC1=S. The number of carboxylic acid groups (broad SMARTS) is 1. The number of hydrogen-bond acceptors (Lipinski definition) is 5. The zero-order valence-electron chi connectivity index (χ0n) is 13.3. The Kier molecular flexibility index (Phi) is 5.11. The number of furan rings is 1. The summed E-state index contributed by atoms with van der Waals surface area (Å²) in [6.45, 7) is -0.565. The average molecular weight is 413 g/mol. The highest BCUT2D eigenvalue weighted by molar-refractivity contribution is 8.26. The Morgan fingerprint density at radius 3 is 2.63 bits per heavy atom. The van der Waals surface area contributed by atoms with Gasteiger partial charge in [-0.25, -0.2) is 0 Å². The van der Waals surface area contributed by atoms with E-state index >= 15 is 0 Å². The number of thiocarbonyl (C=S) groups is 1. The summed E-state index contributed by atoms with van der Waals surface area (Å²) in [7, 11) is 0. The molecule has 1 aromatic heterocycles. The number of carbonyl (C=O) groups excluding carboxylic acids is 1. The van der Waals surface area contributed by atoms with Crippen molar-refractivity contribution in [2.24, 2.45) is 0 Å². The maximum Gasteiger partial charge on any atom is 0.417 e. The van der Waals surface area contributed by atoms with E-state index in [2.05, 4.69) is 0 Å². The molecule has 1 N–H and O–H groups in total. The lowest BCUT2D eigenvalue weighted by Gasteiger charge is -2.10.